The van der Waals surface area contributed by atoms with Crippen LogP contribution in [0.15, 0.2) is 42.0 Å². The van der Waals surface area contributed by atoms with Crippen LogP contribution in [0.3, 0.4) is 0 Å². The van der Waals surface area contributed by atoms with Crippen LogP contribution in [-0.2, 0) is 6.42 Å². The topological polar surface area (TPSA) is 47.9 Å². The Morgan fingerprint density at radius 3 is 2.72 bits per heavy atom. The van der Waals surface area contributed by atoms with Crippen molar-refractivity contribution in [2.45, 2.75) is 51.7 Å². The van der Waals surface area contributed by atoms with Crippen LogP contribution in [-0.4, -0.2) is 17.3 Å². The number of phenolic OH excluding ortho intramolecular Hbond substituents is 1. The van der Waals surface area contributed by atoms with Crippen LogP contribution >= 0.6 is 0 Å². The summed E-state index contributed by atoms with van der Waals surface area (Å²) in [6.07, 6.45) is 6.87. The second-order valence-electron chi connectivity index (χ2n) is 8.93. The molecule has 0 spiro atoms. The van der Waals surface area contributed by atoms with Crippen molar-refractivity contribution in [3.63, 3.8) is 0 Å². The van der Waals surface area contributed by atoms with Crippen LogP contribution in [0.5, 0.6) is 23.0 Å². The zero-order valence-electron chi connectivity index (χ0n) is 17.3. The first-order valence-electron chi connectivity index (χ1n) is 10.2. The minimum atomic E-state index is -0.312. The molecular formula is C25H26O4. The fraction of sp³-hybridized carbons (Fsp3) is 0.360. The normalized spacial score (nSPS) is 22.2. The Balaban J connectivity index is 1.53. The van der Waals surface area contributed by atoms with E-state index in [1.54, 1.807) is 6.07 Å². The highest BCUT2D eigenvalue weighted by atomic mass is 16.5. The van der Waals surface area contributed by atoms with Crippen molar-refractivity contribution < 1.29 is 19.3 Å². The third-order valence-electron chi connectivity index (χ3n) is 5.86. The number of rotatable bonds is 2. The predicted molar refractivity (Wildman–Crippen MR) is 113 cm³/mol. The molecule has 1 N–H and O–H groups in total. The molecular weight excluding hydrogens is 364 g/mol. The van der Waals surface area contributed by atoms with E-state index in [9.17, 15) is 5.11 Å². The van der Waals surface area contributed by atoms with Crippen LogP contribution in [0.4, 0.5) is 0 Å². The molecule has 5 rings (SSSR count). The highest BCUT2D eigenvalue weighted by Crippen LogP contribution is 2.54. The number of phenols is 1. The Labute approximate surface area is 171 Å². The lowest BCUT2D eigenvalue weighted by Crippen LogP contribution is -2.27. The van der Waals surface area contributed by atoms with Crippen LogP contribution in [0.1, 0.15) is 62.0 Å². The van der Waals surface area contributed by atoms with Crippen LogP contribution in [0.2, 0.25) is 0 Å². The largest absolute Gasteiger partial charge is 0.508 e. The zero-order valence-corrected chi connectivity index (χ0v) is 17.3. The summed E-state index contributed by atoms with van der Waals surface area (Å²) < 4.78 is 18.6. The second-order valence-corrected chi connectivity index (χ2v) is 8.93. The van der Waals surface area contributed by atoms with Gasteiger partial charge in [-0.1, -0.05) is 17.7 Å². The molecule has 0 amide bonds. The average Bonchev–Trinajstić information content (AvgIpc) is 3.01. The maximum Gasteiger partial charge on any atom is 0.138 e. The van der Waals surface area contributed by atoms with Gasteiger partial charge in [0.1, 0.15) is 34.7 Å². The molecule has 3 heterocycles. The zero-order chi connectivity index (χ0) is 20.3. The summed E-state index contributed by atoms with van der Waals surface area (Å²) in [6.45, 7) is 8.75. The highest BCUT2D eigenvalue weighted by Gasteiger charge is 2.42. The first-order valence-corrected chi connectivity index (χ1v) is 10.2. The summed E-state index contributed by atoms with van der Waals surface area (Å²) in [5.74, 6) is 2.87. The molecule has 2 aromatic carbocycles. The second kappa shape index (κ2) is 6.31. The summed E-state index contributed by atoms with van der Waals surface area (Å²) in [7, 11) is 0. The van der Waals surface area contributed by atoms with Crippen molar-refractivity contribution in [3.05, 3.63) is 64.2 Å². The summed E-state index contributed by atoms with van der Waals surface area (Å²) in [5.41, 5.74) is 4.97. The van der Waals surface area contributed by atoms with Gasteiger partial charge in [-0.05, 0) is 64.0 Å². The molecule has 0 saturated carbocycles. The number of fused-ring (bicyclic) bond motifs is 6. The van der Waals surface area contributed by atoms with Gasteiger partial charge >= 0.3 is 0 Å². The van der Waals surface area contributed by atoms with Crippen LogP contribution in [0.25, 0.3) is 6.08 Å². The first-order chi connectivity index (χ1) is 13.8. The quantitative estimate of drug-likeness (QED) is 0.669. The van der Waals surface area contributed by atoms with E-state index in [0.29, 0.717) is 18.8 Å². The summed E-state index contributed by atoms with van der Waals surface area (Å²) >= 11 is 0. The molecule has 0 bridgehead atoms. The minimum absolute atomic E-state index is 0.111. The van der Waals surface area contributed by atoms with E-state index in [2.05, 4.69) is 58.1 Å². The predicted octanol–water partition coefficient (Wildman–Crippen LogP) is 5.69. The molecule has 3 aliphatic rings. The minimum Gasteiger partial charge on any atom is -0.508 e. The van der Waals surface area contributed by atoms with E-state index in [-0.39, 0.29) is 23.4 Å². The Bertz CT molecular complexity index is 1060. The third kappa shape index (κ3) is 3.07. The molecule has 0 radical (unpaired) electrons. The summed E-state index contributed by atoms with van der Waals surface area (Å²) in [6, 6.07) is 7.94. The van der Waals surface area contributed by atoms with Gasteiger partial charge in [0.15, 0.2) is 0 Å². The maximum absolute atomic E-state index is 10.4. The van der Waals surface area contributed by atoms with Gasteiger partial charge in [0.25, 0.3) is 0 Å². The molecule has 29 heavy (non-hydrogen) atoms. The van der Waals surface area contributed by atoms with Gasteiger partial charge in [-0.3, -0.25) is 0 Å². The fourth-order valence-electron chi connectivity index (χ4n) is 4.29. The molecule has 0 aliphatic carbocycles. The Morgan fingerprint density at radius 1 is 1.10 bits per heavy atom. The van der Waals surface area contributed by atoms with E-state index in [1.165, 1.54) is 5.57 Å². The van der Waals surface area contributed by atoms with Gasteiger partial charge in [-0.15, -0.1) is 0 Å². The average molecular weight is 390 g/mol. The lowest BCUT2D eigenvalue weighted by molar-refractivity contribution is 0.139. The van der Waals surface area contributed by atoms with E-state index in [4.69, 9.17) is 14.2 Å². The molecule has 2 atom stereocenters. The number of hydrogen-bond acceptors (Lipinski definition) is 4. The Morgan fingerprint density at radius 2 is 1.93 bits per heavy atom. The van der Waals surface area contributed by atoms with Crippen molar-refractivity contribution in [2.24, 2.45) is 0 Å². The van der Waals surface area contributed by atoms with Gasteiger partial charge in [0.2, 0.25) is 0 Å². The standard InChI is InChI=1S/C25H26O4/c1-14(2)5-6-15-9-18-22(12-20(15)26)27-13-19-17-11-21-16(7-8-25(3,4)29-21)10-23(17)28-24(18)19/h5,7-12,19,24,26H,6,13H2,1-4H3. The van der Waals surface area contributed by atoms with Crippen molar-refractivity contribution in [1.82, 2.24) is 0 Å². The summed E-state index contributed by atoms with van der Waals surface area (Å²) in [5, 5.41) is 10.4. The number of allylic oxidation sites excluding steroid dienone is 2. The molecule has 2 aromatic rings. The molecule has 3 aliphatic heterocycles. The number of hydrogen-bond donors (Lipinski definition) is 1. The van der Waals surface area contributed by atoms with Crippen LogP contribution in [0, 0.1) is 0 Å². The maximum atomic E-state index is 10.4. The molecule has 0 saturated heterocycles. The van der Waals surface area contributed by atoms with E-state index < -0.39 is 0 Å². The van der Waals surface area contributed by atoms with Gasteiger partial charge in [-0.25, -0.2) is 0 Å². The number of benzene rings is 2. The van der Waals surface area contributed by atoms with Crippen molar-refractivity contribution >= 4 is 6.08 Å². The van der Waals surface area contributed by atoms with Crippen molar-refractivity contribution in [1.29, 1.82) is 0 Å². The molecule has 0 fully saturated rings. The van der Waals surface area contributed by atoms with E-state index in [1.807, 2.05) is 6.07 Å². The Hall–Kier alpha value is -2.88. The van der Waals surface area contributed by atoms with E-state index >= 15 is 0 Å². The fourth-order valence-corrected chi connectivity index (χ4v) is 4.29. The number of ether oxygens (including phenoxy) is 3. The van der Waals surface area contributed by atoms with Crippen molar-refractivity contribution in [3.8, 4) is 23.0 Å². The molecule has 0 aromatic heterocycles. The Kier molecular flexibility index (Phi) is 3.95. The molecule has 4 heteroatoms. The van der Waals surface area contributed by atoms with E-state index in [0.717, 1.165) is 33.8 Å². The van der Waals surface area contributed by atoms with Gasteiger partial charge < -0.3 is 19.3 Å². The molecule has 4 nitrogen and oxygen atoms in total. The third-order valence-corrected chi connectivity index (χ3v) is 5.86. The summed E-state index contributed by atoms with van der Waals surface area (Å²) in [4.78, 5) is 0. The van der Waals surface area contributed by atoms with Gasteiger partial charge in [0.05, 0.1) is 12.5 Å². The molecule has 150 valence electrons. The lowest BCUT2D eigenvalue weighted by atomic mass is 9.87. The molecule has 2 unspecified atom stereocenters. The van der Waals surface area contributed by atoms with Gasteiger partial charge in [0, 0.05) is 22.8 Å². The number of aromatic hydroxyl groups is 1. The smallest absolute Gasteiger partial charge is 0.138 e. The van der Waals surface area contributed by atoms with Crippen molar-refractivity contribution in [2.75, 3.05) is 6.61 Å². The monoisotopic (exact) mass is 390 g/mol. The van der Waals surface area contributed by atoms with Gasteiger partial charge in [-0.2, -0.15) is 0 Å². The SMILES string of the molecule is CC(C)=CCc1cc2c(cc1O)OCC1c3cc4c(cc3OC21)C=CC(C)(C)O4. The highest BCUT2D eigenvalue weighted by molar-refractivity contribution is 5.66. The van der Waals surface area contributed by atoms with Crippen LogP contribution < -0.4 is 14.2 Å². The first kappa shape index (κ1) is 18.2. The lowest BCUT2D eigenvalue weighted by Gasteiger charge is -2.29.